The van der Waals surface area contributed by atoms with Gasteiger partial charge in [-0.25, -0.2) is 4.98 Å². The molecule has 1 aromatic heterocycles. The first-order valence-corrected chi connectivity index (χ1v) is 9.62. The molecule has 7 nitrogen and oxygen atoms in total. The number of benzene rings is 2. The van der Waals surface area contributed by atoms with Crippen molar-refractivity contribution < 1.29 is 4.92 Å². The van der Waals surface area contributed by atoms with E-state index < -0.39 is 4.92 Å². The monoisotopic (exact) mass is 409 g/mol. The van der Waals surface area contributed by atoms with E-state index in [1.54, 1.807) is 18.2 Å². The highest BCUT2D eigenvalue weighted by Crippen LogP contribution is 2.31. The van der Waals surface area contributed by atoms with Crippen molar-refractivity contribution in [3.63, 3.8) is 0 Å². The quantitative estimate of drug-likeness (QED) is 0.473. The van der Waals surface area contributed by atoms with E-state index in [2.05, 4.69) is 14.5 Å². The van der Waals surface area contributed by atoms with Gasteiger partial charge in [-0.1, -0.05) is 29.8 Å². The van der Waals surface area contributed by atoms with Crippen molar-refractivity contribution in [2.24, 2.45) is 4.99 Å². The Hall–Kier alpha value is -3.03. The number of fused-ring (bicyclic) bond motifs is 3. The molecule has 3 aromatic rings. The summed E-state index contributed by atoms with van der Waals surface area (Å²) in [5.74, 6) is 0.802. The maximum atomic E-state index is 11.4. The number of nitro benzene ring substituents is 1. The lowest BCUT2D eigenvalue weighted by molar-refractivity contribution is -0.384. The van der Waals surface area contributed by atoms with Crippen LogP contribution in [0.1, 0.15) is 22.6 Å². The van der Waals surface area contributed by atoms with Crippen molar-refractivity contribution in [1.29, 1.82) is 0 Å². The number of halogens is 1. The molecule has 0 amide bonds. The van der Waals surface area contributed by atoms with E-state index in [4.69, 9.17) is 16.6 Å². The number of nitrogens with zero attached hydrogens (tertiary/aromatic N) is 5. The van der Waals surface area contributed by atoms with Crippen LogP contribution in [0.4, 0.5) is 5.69 Å². The van der Waals surface area contributed by atoms with Crippen LogP contribution in [0.3, 0.4) is 0 Å². The van der Waals surface area contributed by atoms with Crippen LogP contribution in [0.2, 0.25) is 5.02 Å². The molecule has 0 aliphatic carbocycles. The zero-order valence-corrected chi connectivity index (χ0v) is 16.9. The van der Waals surface area contributed by atoms with Crippen LogP contribution in [-0.2, 0) is 13.0 Å². The normalized spacial score (nSPS) is 12.9. The van der Waals surface area contributed by atoms with Crippen LogP contribution < -0.4 is 0 Å². The maximum absolute atomic E-state index is 11.4. The number of aliphatic imine (C=N–C) groups is 1. The molecule has 0 radical (unpaired) electrons. The highest BCUT2D eigenvalue weighted by molar-refractivity contribution is 6.35. The topological polar surface area (TPSA) is 76.6 Å². The van der Waals surface area contributed by atoms with Crippen LogP contribution in [0.15, 0.2) is 53.7 Å². The molecule has 2 aromatic carbocycles. The minimum Gasteiger partial charge on any atom is -0.309 e. The van der Waals surface area contributed by atoms with E-state index in [0.29, 0.717) is 22.8 Å². The number of imidazole rings is 1. The summed E-state index contributed by atoms with van der Waals surface area (Å²) in [6, 6.07) is 12.3. The highest BCUT2D eigenvalue weighted by atomic mass is 35.5. The Morgan fingerprint density at radius 1 is 1.21 bits per heavy atom. The predicted molar refractivity (Wildman–Crippen MR) is 113 cm³/mol. The standard InChI is InChI=1S/C21H20ClN5O2/c1-25(2)10-9-15-12-23-20-13-24-21(16-5-3-4-6-18(16)22)17-11-14(27(28)29)7-8-19(17)26(15)20/h3-8,11-12H,9-10,13H2,1-2H3. The van der Waals surface area contributed by atoms with Crippen molar-refractivity contribution in [3.8, 4) is 5.69 Å². The Morgan fingerprint density at radius 2 is 2.00 bits per heavy atom. The second-order valence-corrected chi connectivity index (χ2v) is 7.56. The van der Waals surface area contributed by atoms with Crippen molar-refractivity contribution in [2.75, 3.05) is 20.6 Å². The lowest BCUT2D eigenvalue weighted by Gasteiger charge is -2.16. The summed E-state index contributed by atoms with van der Waals surface area (Å²) in [5, 5.41) is 12.0. The van der Waals surface area contributed by atoms with Crippen molar-refractivity contribution in [1.82, 2.24) is 14.5 Å². The van der Waals surface area contributed by atoms with Gasteiger partial charge in [-0.15, -0.1) is 0 Å². The minimum atomic E-state index is -0.392. The van der Waals surface area contributed by atoms with Gasteiger partial charge in [0.05, 0.1) is 22.9 Å². The van der Waals surface area contributed by atoms with Gasteiger partial charge in [-0.05, 0) is 26.2 Å². The molecule has 8 heteroatoms. The van der Waals surface area contributed by atoms with Crippen molar-refractivity contribution in [3.05, 3.63) is 86.4 Å². The van der Waals surface area contributed by atoms with E-state index >= 15 is 0 Å². The van der Waals surface area contributed by atoms with Gasteiger partial charge in [-0.3, -0.25) is 19.7 Å². The molecule has 1 aliphatic heterocycles. The van der Waals surface area contributed by atoms with E-state index in [1.165, 1.54) is 6.07 Å². The molecule has 0 N–H and O–H groups in total. The minimum absolute atomic E-state index is 0.0157. The molecule has 1 aliphatic rings. The molecule has 0 spiro atoms. The molecule has 0 fully saturated rings. The fourth-order valence-electron chi connectivity index (χ4n) is 3.49. The van der Waals surface area contributed by atoms with Gasteiger partial charge in [0.1, 0.15) is 5.82 Å². The summed E-state index contributed by atoms with van der Waals surface area (Å²) in [4.78, 5) is 22.5. The number of non-ortho nitro benzene ring substituents is 1. The number of nitro groups is 1. The molecule has 0 saturated carbocycles. The van der Waals surface area contributed by atoms with Gasteiger partial charge in [0.15, 0.2) is 0 Å². The maximum Gasteiger partial charge on any atom is 0.270 e. The summed E-state index contributed by atoms with van der Waals surface area (Å²) >= 11 is 6.44. The molecular weight excluding hydrogens is 390 g/mol. The molecule has 0 atom stereocenters. The fraction of sp³-hybridized carbons (Fsp3) is 0.238. The van der Waals surface area contributed by atoms with Crippen LogP contribution in [0.25, 0.3) is 5.69 Å². The summed E-state index contributed by atoms with van der Waals surface area (Å²) in [7, 11) is 4.05. The Morgan fingerprint density at radius 3 is 2.72 bits per heavy atom. The summed E-state index contributed by atoms with van der Waals surface area (Å²) in [6.45, 7) is 1.23. The smallest absolute Gasteiger partial charge is 0.270 e. The number of hydrogen-bond acceptors (Lipinski definition) is 5. The molecule has 0 saturated heterocycles. The lowest BCUT2D eigenvalue weighted by atomic mass is 9.99. The Bertz CT molecular complexity index is 1120. The number of aromatic nitrogens is 2. The Kier molecular flexibility index (Phi) is 5.17. The number of rotatable bonds is 5. The second-order valence-electron chi connectivity index (χ2n) is 7.16. The lowest BCUT2D eigenvalue weighted by Crippen LogP contribution is -2.17. The van der Waals surface area contributed by atoms with Crippen LogP contribution in [-0.4, -0.2) is 45.7 Å². The Labute approximate surface area is 173 Å². The van der Waals surface area contributed by atoms with Gasteiger partial charge < -0.3 is 4.90 Å². The largest absolute Gasteiger partial charge is 0.309 e. The van der Waals surface area contributed by atoms with Crippen molar-refractivity contribution >= 4 is 23.0 Å². The molecule has 0 unspecified atom stereocenters. The van der Waals surface area contributed by atoms with Crippen LogP contribution in [0, 0.1) is 10.1 Å². The van der Waals surface area contributed by atoms with E-state index in [0.717, 1.165) is 35.7 Å². The van der Waals surface area contributed by atoms with Gasteiger partial charge in [0.2, 0.25) is 0 Å². The first kappa shape index (κ1) is 19.3. The third-order valence-electron chi connectivity index (χ3n) is 4.92. The average Bonchev–Trinajstić information content (AvgIpc) is 3.02. The fourth-order valence-corrected chi connectivity index (χ4v) is 3.72. The van der Waals surface area contributed by atoms with E-state index in [-0.39, 0.29) is 5.69 Å². The SMILES string of the molecule is CN(C)CCc1cnc2n1-c1ccc([N+](=O)[O-])cc1C(c1ccccc1Cl)=NC2. The second kappa shape index (κ2) is 7.77. The zero-order valence-electron chi connectivity index (χ0n) is 16.2. The third kappa shape index (κ3) is 3.66. The first-order valence-electron chi connectivity index (χ1n) is 9.24. The van der Waals surface area contributed by atoms with E-state index in [1.807, 2.05) is 38.5 Å². The molecule has 2 heterocycles. The predicted octanol–water partition coefficient (Wildman–Crippen LogP) is 3.89. The highest BCUT2D eigenvalue weighted by Gasteiger charge is 2.25. The van der Waals surface area contributed by atoms with Crippen LogP contribution in [0.5, 0.6) is 0 Å². The van der Waals surface area contributed by atoms with E-state index in [9.17, 15) is 10.1 Å². The van der Waals surface area contributed by atoms with Gasteiger partial charge >= 0.3 is 0 Å². The average molecular weight is 410 g/mol. The molecule has 29 heavy (non-hydrogen) atoms. The summed E-state index contributed by atoms with van der Waals surface area (Å²) in [5.41, 5.74) is 3.94. The summed E-state index contributed by atoms with van der Waals surface area (Å²) in [6.07, 6.45) is 2.66. The Balaban J connectivity index is 1.92. The molecule has 148 valence electrons. The molecule has 4 rings (SSSR count). The zero-order chi connectivity index (χ0) is 20.5. The van der Waals surface area contributed by atoms with Crippen molar-refractivity contribution in [2.45, 2.75) is 13.0 Å². The first-order chi connectivity index (χ1) is 14.0. The van der Waals surface area contributed by atoms with Gasteiger partial charge in [0, 0.05) is 53.1 Å². The number of likely N-dealkylation sites (N-methyl/N-ethyl adjacent to an activating group) is 1. The van der Waals surface area contributed by atoms with Crippen LogP contribution >= 0.6 is 11.6 Å². The summed E-state index contributed by atoms with van der Waals surface area (Å²) < 4.78 is 2.07. The molecular formula is C21H20ClN5O2. The third-order valence-corrected chi connectivity index (χ3v) is 5.25. The molecule has 0 bridgehead atoms. The van der Waals surface area contributed by atoms with Gasteiger partial charge in [0.25, 0.3) is 5.69 Å². The number of hydrogen-bond donors (Lipinski definition) is 0. The van der Waals surface area contributed by atoms with Gasteiger partial charge in [-0.2, -0.15) is 0 Å².